The van der Waals surface area contributed by atoms with Gasteiger partial charge in [-0.3, -0.25) is 4.79 Å². The van der Waals surface area contributed by atoms with Gasteiger partial charge in [-0.15, -0.1) is 0 Å². The van der Waals surface area contributed by atoms with E-state index in [4.69, 9.17) is 21.7 Å². The van der Waals surface area contributed by atoms with Crippen LogP contribution in [-0.2, 0) is 16.0 Å². The van der Waals surface area contributed by atoms with Gasteiger partial charge in [0.1, 0.15) is 5.75 Å². The van der Waals surface area contributed by atoms with Crippen LogP contribution in [0.2, 0.25) is 0 Å². The molecule has 1 aromatic carbocycles. The Balaban J connectivity index is 1.94. The molecular formula is C19H22O3S. The van der Waals surface area contributed by atoms with E-state index in [0.29, 0.717) is 19.4 Å². The van der Waals surface area contributed by atoms with E-state index in [9.17, 15) is 4.79 Å². The number of para-hydroxylation sites is 1. The molecule has 0 N–H and O–H groups in total. The van der Waals surface area contributed by atoms with Crippen molar-refractivity contribution in [3.8, 4) is 5.75 Å². The quantitative estimate of drug-likeness (QED) is 0.787. The Kier molecular flexibility index (Phi) is 5.23. The van der Waals surface area contributed by atoms with Crippen molar-refractivity contribution in [1.29, 1.82) is 0 Å². The lowest BCUT2D eigenvalue weighted by Gasteiger charge is -2.23. The van der Waals surface area contributed by atoms with Gasteiger partial charge >= 0.3 is 0 Å². The number of thiocarbonyl (C=S) groups is 1. The normalized spacial score (nSPS) is 23.5. The van der Waals surface area contributed by atoms with Gasteiger partial charge in [-0.25, -0.2) is 0 Å². The summed E-state index contributed by atoms with van der Waals surface area (Å²) in [4.78, 5) is 13.2. The predicted molar refractivity (Wildman–Crippen MR) is 95.1 cm³/mol. The zero-order chi connectivity index (χ0) is 16.2. The van der Waals surface area contributed by atoms with E-state index in [-0.39, 0.29) is 11.7 Å². The second-order valence-electron chi connectivity index (χ2n) is 6.18. The molecule has 0 fully saturated rings. The van der Waals surface area contributed by atoms with E-state index >= 15 is 0 Å². The largest absolute Gasteiger partial charge is 0.492 e. The van der Waals surface area contributed by atoms with E-state index in [1.165, 1.54) is 5.56 Å². The number of benzene rings is 1. The summed E-state index contributed by atoms with van der Waals surface area (Å²) in [5.41, 5.74) is 3.34. The second-order valence-corrected chi connectivity index (χ2v) is 6.70. The first kappa shape index (κ1) is 16.3. The van der Waals surface area contributed by atoms with Crippen molar-refractivity contribution in [3.05, 3.63) is 35.4 Å². The molecule has 1 aliphatic carbocycles. The van der Waals surface area contributed by atoms with Crippen molar-refractivity contribution in [3.63, 3.8) is 0 Å². The molecule has 0 spiro atoms. The summed E-state index contributed by atoms with van der Waals surface area (Å²) in [5.74, 6) is 1.38. The van der Waals surface area contributed by atoms with Crippen LogP contribution >= 0.6 is 12.2 Å². The smallest absolute Gasteiger partial charge is 0.156 e. The molecule has 0 radical (unpaired) electrons. The molecule has 4 heteroatoms. The lowest BCUT2D eigenvalue weighted by Crippen LogP contribution is -2.19. The van der Waals surface area contributed by atoms with Crippen LogP contribution in [0.4, 0.5) is 0 Å². The minimum Gasteiger partial charge on any atom is -0.492 e. The molecule has 3 nitrogen and oxygen atoms in total. The third-order valence-electron chi connectivity index (χ3n) is 4.61. The number of ketones is 1. The van der Waals surface area contributed by atoms with Gasteiger partial charge in [-0.2, -0.15) is 0 Å². The van der Waals surface area contributed by atoms with Gasteiger partial charge in [0.25, 0.3) is 0 Å². The molecule has 0 saturated carbocycles. The Labute approximate surface area is 142 Å². The average Bonchev–Trinajstić information content (AvgIpc) is 3.02. The van der Waals surface area contributed by atoms with Crippen molar-refractivity contribution >= 4 is 28.4 Å². The molecule has 1 heterocycles. The minimum absolute atomic E-state index is 0.156. The van der Waals surface area contributed by atoms with Crippen molar-refractivity contribution < 1.29 is 14.3 Å². The third-order valence-corrected chi connectivity index (χ3v) is 5.14. The number of methoxy groups -OCH3 is 1. The van der Waals surface area contributed by atoms with Gasteiger partial charge in [0, 0.05) is 32.1 Å². The van der Waals surface area contributed by atoms with Crippen molar-refractivity contribution in [1.82, 2.24) is 0 Å². The first-order valence-corrected chi connectivity index (χ1v) is 8.60. The Morgan fingerprint density at radius 2 is 2.17 bits per heavy atom. The number of carbonyl (C=O) groups is 1. The molecule has 1 atom stereocenters. The summed E-state index contributed by atoms with van der Waals surface area (Å²) in [7, 11) is 1.71. The summed E-state index contributed by atoms with van der Waals surface area (Å²) < 4.78 is 11.1. The zero-order valence-electron chi connectivity index (χ0n) is 13.5. The third kappa shape index (κ3) is 3.70. The lowest BCUT2D eigenvalue weighted by atomic mass is 9.84. The first-order chi connectivity index (χ1) is 11.2. The fraction of sp³-hybridized carbons (Fsp3) is 0.474. The number of fused-ring (bicyclic) bond motifs is 1. The molecule has 2 aliphatic rings. The standard InChI is InChI=1S/C19H22O3S/c1-21-9-7-14-11-15(12-16(20)5-6-18(14)23)17-4-2-3-13-8-10-22-19(13)17/h2-4,12,14H,5-11H2,1H3/b15-12+. The van der Waals surface area contributed by atoms with Crippen molar-refractivity contribution in [2.75, 3.05) is 20.3 Å². The van der Waals surface area contributed by atoms with Crippen LogP contribution < -0.4 is 4.74 Å². The number of ether oxygens (including phenoxy) is 2. The monoisotopic (exact) mass is 330 g/mol. The highest BCUT2D eigenvalue weighted by molar-refractivity contribution is 7.80. The number of allylic oxidation sites excluding steroid dienone is 2. The molecule has 23 heavy (non-hydrogen) atoms. The SMILES string of the molecule is COCCC1C/C(c2cccc3c2OCC3)=C\C(=O)CCC1=S. The predicted octanol–water partition coefficient (Wildman–Crippen LogP) is 3.78. The number of hydrogen-bond donors (Lipinski definition) is 0. The van der Waals surface area contributed by atoms with Gasteiger partial charge < -0.3 is 9.47 Å². The molecule has 0 saturated heterocycles. The highest BCUT2D eigenvalue weighted by atomic mass is 32.1. The summed E-state index contributed by atoms with van der Waals surface area (Å²) in [6.07, 6.45) is 5.64. The first-order valence-electron chi connectivity index (χ1n) is 8.19. The number of hydrogen-bond acceptors (Lipinski definition) is 4. The van der Waals surface area contributed by atoms with Crippen molar-refractivity contribution in [2.45, 2.75) is 32.1 Å². The maximum Gasteiger partial charge on any atom is 0.156 e. The molecule has 3 rings (SSSR count). The topological polar surface area (TPSA) is 35.5 Å². The maximum absolute atomic E-state index is 12.2. The second kappa shape index (κ2) is 7.37. The Bertz CT molecular complexity index is 648. The van der Waals surface area contributed by atoms with E-state index < -0.39 is 0 Å². The Morgan fingerprint density at radius 3 is 3.00 bits per heavy atom. The molecule has 0 aromatic heterocycles. The van der Waals surface area contributed by atoms with Crippen molar-refractivity contribution in [2.24, 2.45) is 5.92 Å². The van der Waals surface area contributed by atoms with E-state index in [1.54, 1.807) is 13.2 Å². The van der Waals surface area contributed by atoms with Crippen LogP contribution in [0.3, 0.4) is 0 Å². The summed E-state index contributed by atoms with van der Waals surface area (Å²) in [5, 5.41) is 0. The van der Waals surface area contributed by atoms with E-state index in [1.807, 2.05) is 0 Å². The summed E-state index contributed by atoms with van der Waals surface area (Å²) in [6.45, 7) is 1.41. The van der Waals surface area contributed by atoms with Crippen LogP contribution in [0.1, 0.15) is 36.8 Å². The fourth-order valence-electron chi connectivity index (χ4n) is 3.33. The van der Waals surface area contributed by atoms with Gasteiger partial charge in [0.2, 0.25) is 0 Å². The van der Waals surface area contributed by atoms with Gasteiger partial charge in [-0.1, -0.05) is 30.4 Å². The summed E-state index contributed by atoms with van der Waals surface area (Å²) in [6, 6.07) is 6.21. The van der Waals surface area contributed by atoms with Crippen LogP contribution in [-0.4, -0.2) is 31.0 Å². The van der Waals surface area contributed by atoms with Crippen LogP contribution in [0.25, 0.3) is 5.57 Å². The molecular weight excluding hydrogens is 308 g/mol. The van der Waals surface area contributed by atoms with E-state index in [0.717, 1.165) is 47.6 Å². The average molecular weight is 330 g/mol. The van der Waals surface area contributed by atoms with Crippen LogP contribution in [0.5, 0.6) is 5.75 Å². The highest BCUT2D eigenvalue weighted by Crippen LogP contribution is 2.38. The number of rotatable bonds is 4. The molecule has 1 aromatic rings. The summed E-state index contributed by atoms with van der Waals surface area (Å²) >= 11 is 5.58. The number of carbonyl (C=O) groups excluding carboxylic acids is 1. The Hall–Kier alpha value is -1.52. The zero-order valence-corrected chi connectivity index (χ0v) is 14.3. The van der Waals surface area contributed by atoms with Crippen LogP contribution in [0, 0.1) is 5.92 Å². The maximum atomic E-state index is 12.2. The van der Waals surface area contributed by atoms with Gasteiger partial charge in [0.15, 0.2) is 5.78 Å². The molecule has 1 unspecified atom stereocenters. The minimum atomic E-state index is 0.156. The molecule has 1 aliphatic heterocycles. The molecule has 122 valence electrons. The van der Waals surface area contributed by atoms with Gasteiger partial charge in [0.05, 0.1) is 6.61 Å². The molecule has 0 bridgehead atoms. The van der Waals surface area contributed by atoms with E-state index in [2.05, 4.69) is 18.2 Å². The molecule has 0 amide bonds. The fourth-order valence-corrected chi connectivity index (χ4v) is 3.64. The lowest BCUT2D eigenvalue weighted by molar-refractivity contribution is -0.114. The van der Waals surface area contributed by atoms with Gasteiger partial charge in [-0.05, 0) is 47.3 Å². The highest BCUT2D eigenvalue weighted by Gasteiger charge is 2.24. The van der Waals surface area contributed by atoms with Crippen LogP contribution in [0.15, 0.2) is 24.3 Å². The Morgan fingerprint density at radius 1 is 1.30 bits per heavy atom.